The van der Waals surface area contributed by atoms with Crippen molar-refractivity contribution in [3.8, 4) is 6.07 Å². The average Bonchev–Trinajstić information content (AvgIpc) is 2.96. The number of H-pyrrole nitrogens is 1. The first-order valence-corrected chi connectivity index (χ1v) is 6.87. The van der Waals surface area contributed by atoms with E-state index in [1.54, 1.807) is 0 Å². The van der Waals surface area contributed by atoms with Gasteiger partial charge < -0.3 is 5.32 Å². The minimum Gasteiger partial charge on any atom is -0.313 e. The van der Waals surface area contributed by atoms with Crippen molar-refractivity contribution >= 4 is 0 Å². The van der Waals surface area contributed by atoms with E-state index in [1.807, 2.05) is 30.3 Å². The van der Waals surface area contributed by atoms with E-state index in [4.69, 9.17) is 0 Å². The third-order valence-corrected chi connectivity index (χ3v) is 3.99. The van der Waals surface area contributed by atoms with Gasteiger partial charge in [0, 0.05) is 19.0 Å². The minimum absolute atomic E-state index is 0.300. The van der Waals surface area contributed by atoms with Crippen LogP contribution < -0.4 is 5.32 Å². The maximum absolute atomic E-state index is 9.48. The predicted octanol–water partition coefficient (Wildman–Crippen LogP) is 1.56. The van der Waals surface area contributed by atoms with E-state index in [0.717, 1.165) is 37.2 Å². The molecule has 1 aliphatic carbocycles. The highest BCUT2D eigenvalue weighted by molar-refractivity contribution is 5.36. The molecule has 1 heterocycles. The molecule has 102 valence electrons. The van der Waals surface area contributed by atoms with E-state index in [-0.39, 0.29) is 5.41 Å². The molecule has 0 aliphatic heterocycles. The van der Waals surface area contributed by atoms with Crippen LogP contribution in [0.5, 0.6) is 0 Å². The molecule has 1 fully saturated rings. The number of nitrogens with zero attached hydrogens (tertiary/aromatic N) is 3. The first-order chi connectivity index (χ1) is 9.82. The van der Waals surface area contributed by atoms with Crippen LogP contribution in [-0.2, 0) is 11.8 Å². The van der Waals surface area contributed by atoms with Gasteiger partial charge in [0.1, 0.15) is 12.2 Å². The van der Waals surface area contributed by atoms with Gasteiger partial charge in [0.15, 0.2) is 0 Å². The Morgan fingerprint density at radius 3 is 2.80 bits per heavy atom. The fourth-order valence-corrected chi connectivity index (χ4v) is 2.82. The molecule has 2 aromatic rings. The zero-order valence-electron chi connectivity index (χ0n) is 11.2. The molecule has 3 rings (SSSR count). The van der Waals surface area contributed by atoms with E-state index in [1.165, 1.54) is 6.33 Å². The molecule has 20 heavy (non-hydrogen) atoms. The van der Waals surface area contributed by atoms with Gasteiger partial charge in [-0.05, 0) is 18.4 Å². The van der Waals surface area contributed by atoms with Crippen molar-refractivity contribution in [1.29, 1.82) is 5.26 Å². The summed E-state index contributed by atoms with van der Waals surface area (Å²) in [6, 6.07) is 13.0. The normalized spacial score (nSPS) is 24.9. The van der Waals surface area contributed by atoms with E-state index in [0.29, 0.717) is 6.04 Å². The van der Waals surface area contributed by atoms with Crippen LogP contribution in [0.25, 0.3) is 0 Å². The lowest BCUT2D eigenvalue weighted by atomic mass is 9.62. The molecular formula is C15H17N5. The molecule has 5 nitrogen and oxygen atoms in total. The second-order valence-electron chi connectivity index (χ2n) is 5.30. The van der Waals surface area contributed by atoms with Crippen LogP contribution in [-0.4, -0.2) is 27.8 Å². The van der Waals surface area contributed by atoms with Crippen LogP contribution in [0.1, 0.15) is 24.2 Å². The van der Waals surface area contributed by atoms with Gasteiger partial charge in [-0.15, -0.1) is 0 Å². The first kappa shape index (κ1) is 12.8. The highest BCUT2D eigenvalue weighted by Crippen LogP contribution is 2.43. The first-order valence-electron chi connectivity index (χ1n) is 6.87. The number of benzene rings is 1. The van der Waals surface area contributed by atoms with Crippen molar-refractivity contribution in [2.45, 2.75) is 30.7 Å². The van der Waals surface area contributed by atoms with Crippen LogP contribution in [0.4, 0.5) is 0 Å². The summed E-state index contributed by atoms with van der Waals surface area (Å²) in [6.45, 7) is 0.857. The van der Waals surface area contributed by atoms with Crippen LogP contribution >= 0.6 is 0 Å². The summed E-state index contributed by atoms with van der Waals surface area (Å²) < 4.78 is 0. The van der Waals surface area contributed by atoms with Crippen molar-refractivity contribution in [3.05, 3.63) is 48.0 Å². The molecule has 5 heteroatoms. The summed E-state index contributed by atoms with van der Waals surface area (Å²) >= 11 is 0. The molecular weight excluding hydrogens is 250 g/mol. The van der Waals surface area contributed by atoms with E-state index in [2.05, 4.69) is 26.6 Å². The molecule has 0 saturated heterocycles. The van der Waals surface area contributed by atoms with Gasteiger partial charge in [-0.25, -0.2) is 4.98 Å². The highest BCUT2D eigenvalue weighted by atomic mass is 15.2. The Balaban J connectivity index is 1.51. The van der Waals surface area contributed by atoms with E-state index >= 15 is 0 Å². The second-order valence-corrected chi connectivity index (χ2v) is 5.30. The Bertz CT molecular complexity index is 578. The summed E-state index contributed by atoms with van der Waals surface area (Å²) in [5.74, 6) is 0.895. The molecule has 1 aliphatic rings. The maximum atomic E-state index is 9.48. The summed E-state index contributed by atoms with van der Waals surface area (Å²) in [6.07, 6.45) is 4.12. The molecule has 0 unspecified atom stereocenters. The summed E-state index contributed by atoms with van der Waals surface area (Å²) in [5.41, 5.74) is 0.835. The molecule has 1 aromatic carbocycles. The molecule has 1 aromatic heterocycles. The van der Waals surface area contributed by atoms with Crippen molar-refractivity contribution in [1.82, 2.24) is 20.5 Å². The summed E-state index contributed by atoms with van der Waals surface area (Å²) in [5, 5.41) is 19.6. The SMILES string of the molecule is N#CC1(c2ccccc2)CC(NCCc2ncn[nH]2)C1. The van der Waals surface area contributed by atoms with Crippen molar-refractivity contribution < 1.29 is 0 Å². The number of aromatic amines is 1. The third kappa shape index (κ3) is 2.43. The van der Waals surface area contributed by atoms with Crippen molar-refractivity contribution in [2.75, 3.05) is 6.54 Å². The Hall–Kier alpha value is -2.19. The van der Waals surface area contributed by atoms with Gasteiger partial charge in [0.2, 0.25) is 0 Å². The van der Waals surface area contributed by atoms with E-state index in [9.17, 15) is 5.26 Å². The standard InChI is InChI=1S/C15H17N5/c16-10-15(12-4-2-1-3-5-12)8-13(9-15)17-7-6-14-18-11-19-20-14/h1-5,11,13,17H,6-9H2,(H,18,19,20). The zero-order valence-corrected chi connectivity index (χ0v) is 11.2. The summed E-state index contributed by atoms with van der Waals surface area (Å²) in [4.78, 5) is 4.09. The summed E-state index contributed by atoms with van der Waals surface area (Å²) in [7, 11) is 0. The monoisotopic (exact) mass is 267 g/mol. The number of nitrogens with one attached hydrogen (secondary N) is 2. The number of rotatable bonds is 5. The maximum Gasteiger partial charge on any atom is 0.137 e. The van der Waals surface area contributed by atoms with Crippen LogP contribution in [0, 0.1) is 11.3 Å². The Morgan fingerprint density at radius 1 is 1.35 bits per heavy atom. The molecule has 0 radical (unpaired) electrons. The lowest BCUT2D eigenvalue weighted by Crippen LogP contribution is -2.51. The lowest BCUT2D eigenvalue weighted by Gasteiger charge is -2.43. The largest absolute Gasteiger partial charge is 0.313 e. The molecule has 0 bridgehead atoms. The second kappa shape index (κ2) is 5.43. The minimum atomic E-state index is -0.300. The van der Waals surface area contributed by atoms with Gasteiger partial charge >= 0.3 is 0 Å². The fourth-order valence-electron chi connectivity index (χ4n) is 2.82. The van der Waals surface area contributed by atoms with Gasteiger partial charge in [0.25, 0.3) is 0 Å². The number of nitriles is 1. The third-order valence-electron chi connectivity index (χ3n) is 3.99. The smallest absolute Gasteiger partial charge is 0.137 e. The van der Waals surface area contributed by atoms with Gasteiger partial charge in [-0.3, -0.25) is 5.10 Å². The zero-order chi connectivity index (χ0) is 13.8. The number of aromatic nitrogens is 3. The lowest BCUT2D eigenvalue weighted by molar-refractivity contribution is 0.228. The quantitative estimate of drug-likeness (QED) is 0.862. The molecule has 1 saturated carbocycles. The van der Waals surface area contributed by atoms with Gasteiger partial charge in [0.05, 0.1) is 11.5 Å². The topological polar surface area (TPSA) is 77.4 Å². The van der Waals surface area contributed by atoms with Crippen LogP contribution in [0.3, 0.4) is 0 Å². The predicted molar refractivity (Wildman–Crippen MR) is 74.8 cm³/mol. The number of hydrogen-bond donors (Lipinski definition) is 2. The molecule has 2 N–H and O–H groups in total. The van der Waals surface area contributed by atoms with Gasteiger partial charge in [-0.1, -0.05) is 30.3 Å². The van der Waals surface area contributed by atoms with Crippen molar-refractivity contribution in [2.24, 2.45) is 0 Å². The van der Waals surface area contributed by atoms with Crippen molar-refractivity contribution in [3.63, 3.8) is 0 Å². The molecule has 0 spiro atoms. The number of hydrogen-bond acceptors (Lipinski definition) is 4. The fraction of sp³-hybridized carbons (Fsp3) is 0.400. The molecule has 0 amide bonds. The highest BCUT2D eigenvalue weighted by Gasteiger charge is 2.45. The van der Waals surface area contributed by atoms with Gasteiger partial charge in [-0.2, -0.15) is 10.4 Å². The Kier molecular flexibility index (Phi) is 3.48. The van der Waals surface area contributed by atoms with Crippen LogP contribution in [0.2, 0.25) is 0 Å². The van der Waals surface area contributed by atoms with E-state index < -0.39 is 0 Å². The molecule has 0 atom stereocenters. The van der Waals surface area contributed by atoms with Crippen LogP contribution in [0.15, 0.2) is 36.7 Å². The average molecular weight is 267 g/mol. The Labute approximate surface area is 118 Å². The Morgan fingerprint density at radius 2 is 2.15 bits per heavy atom.